The van der Waals surface area contributed by atoms with Crippen LogP contribution >= 0.6 is 0 Å². The minimum Gasteiger partial charge on any atom is -0.481 e. The number of ether oxygens (including phenoxy) is 1. The second kappa shape index (κ2) is 16.9. The first kappa shape index (κ1) is 34.0. The topological polar surface area (TPSA) is 174 Å². The van der Waals surface area contributed by atoms with Gasteiger partial charge in [-0.1, -0.05) is 49.6 Å². The van der Waals surface area contributed by atoms with E-state index < -0.39 is 60.2 Å². The van der Waals surface area contributed by atoms with E-state index >= 15 is 0 Å². The van der Waals surface area contributed by atoms with Crippen molar-refractivity contribution >= 4 is 23.9 Å². The molecule has 1 aromatic rings. The van der Waals surface area contributed by atoms with Gasteiger partial charge in [0.15, 0.2) is 0 Å². The Kier molecular flexibility index (Phi) is 14.1. The number of hydrogen-bond donors (Lipinski definition) is 6. The Balaban J connectivity index is 2.01. The third-order valence-electron chi connectivity index (χ3n) is 7.08. The first-order valence-corrected chi connectivity index (χ1v) is 14.5. The number of carboxylic acid groups (broad SMARTS) is 1. The van der Waals surface area contributed by atoms with Gasteiger partial charge in [-0.3, -0.25) is 14.4 Å². The smallest absolute Gasteiger partial charge is 0.408 e. The van der Waals surface area contributed by atoms with Crippen LogP contribution in [-0.4, -0.2) is 75.6 Å². The first-order valence-electron chi connectivity index (χ1n) is 14.5. The zero-order valence-corrected chi connectivity index (χ0v) is 24.4. The Morgan fingerprint density at radius 1 is 1.00 bits per heavy atom. The van der Waals surface area contributed by atoms with E-state index in [2.05, 4.69) is 16.0 Å². The van der Waals surface area contributed by atoms with Crippen molar-refractivity contribution in [3.8, 4) is 0 Å². The maximum Gasteiger partial charge on any atom is 0.408 e. The average molecular weight is 578 g/mol. The van der Waals surface area contributed by atoms with Gasteiger partial charge in [-0.15, -0.1) is 0 Å². The van der Waals surface area contributed by atoms with Gasteiger partial charge < -0.3 is 36.0 Å². The van der Waals surface area contributed by atoms with Crippen LogP contribution in [0.3, 0.4) is 0 Å². The van der Waals surface area contributed by atoms with Crippen molar-refractivity contribution in [3.63, 3.8) is 0 Å². The summed E-state index contributed by atoms with van der Waals surface area (Å²) in [5.41, 5.74) is 0.315. The summed E-state index contributed by atoms with van der Waals surface area (Å²) in [7, 11) is 0. The highest BCUT2D eigenvalue weighted by Gasteiger charge is 2.37. The molecule has 0 unspecified atom stereocenters. The molecule has 0 radical (unpaired) electrons. The third-order valence-corrected chi connectivity index (χ3v) is 7.08. The van der Waals surface area contributed by atoms with Crippen molar-refractivity contribution < 1.29 is 39.2 Å². The van der Waals surface area contributed by atoms with Gasteiger partial charge in [-0.05, 0) is 64.4 Å². The number of amides is 3. The van der Waals surface area contributed by atoms with E-state index in [4.69, 9.17) is 9.84 Å². The standard InChI is InChI=1S/C30H47N3O8/c1-30(2,3)41-29(40)33-26(27(38)21-14-8-5-9-15-21)23(34)19-24(35)32-22(16-17-25(36)37)28(39)31-18-10-13-20-11-6-4-7-12-20/h4,6-7,11-12,21-23,26-27,34,38H,5,8-10,13-19H2,1-3H3,(H,31,39)(H,32,35)(H,33,40)(H,36,37)/t22-,23-,26+,27-/m0/s1. The molecular formula is C30H47N3O8. The molecule has 11 nitrogen and oxygen atoms in total. The number of carboxylic acids is 1. The molecule has 0 heterocycles. The van der Waals surface area contributed by atoms with Gasteiger partial charge >= 0.3 is 12.1 Å². The molecule has 1 fully saturated rings. The molecule has 4 atom stereocenters. The molecule has 0 spiro atoms. The number of nitrogens with one attached hydrogen (secondary N) is 3. The molecule has 1 saturated carbocycles. The minimum absolute atomic E-state index is 0.133. The highest BCUT2D eigenvalue weighted by molar-refractivity contribution is 5.88. The number of rotatable bonds is 15. The zero-order chi connectivity index (χ0) is 30.4. The van der Waals surface area contributed by atoms with E-state index in [9.17, 15) is 29.4 Å². The summed E-state index contributed by atoms with van der Waals surface area (Å²) < 4.78 is 5.30. The van der Waals surface area contributed by atoms with Crippen LogP contribution in [-0.2, 0) is 25.5 Å². The minimum atomic E-state index is -1.48. The average Bonchev–Trinajstić information content (AvgIpc) is 2.91. The quantitative estimate of drug-likeness (QED) is 0.173. The lowest BCUT2D eigenvalue weighted by atomic mass is 9.81. The van der Waals surface area contributed by atoms with Crippen LogP contribution < -0.4 is 16.0 Å². The summed E-state index contributed by atoms with van der Waals surface area (Å²) in [6.07, 6.45) is 1.34. The maximum atomic E-state index is 12.9. The Hall–Kier alpha value is -3.18. The molecule has 11 heteroatoms. The van der Waals surface area contributed by atoms with Gasteiger partial charge in [0.2, 0.25) is 11.8 Å². The number of aryl methyl sites for hydroxylation is 1. The van der Waals surface area contributed by atoms with Crippen molar-refractivity contribution in [2.45, 2.75) is 115 Å². The predicted octanol–water partition coefficient (Wildman–Crippen LogP) is 2.67. The van der Waals surface area contributed by atoms with E-state index in [1.54, 1.807) is 20.8 Å². The van der Waals surface area contributed by atoms with E-state index in [0.717, 1.165) is 44.1 Å². The fourth-order valence-corrected chi connectivity index (χ4v) is 5.00. The van der Waals surface area contributed by atoms with Crippen molar-refractivity contribution in [1.29, 1.82) is 0 Å². The highest BCUT2D eigenvalue weighted by Crippen LogP contribution is 2.29. The molecular weight excluding hydrogens is 530 g/mol. The fraction of sp³-hybridized carbons (Fsp3) is 0.667. The van der Waals surface area contributed by atoms with Crippen LogP contribution in [0.15, 0.2) is 30.3 Å². The summed E-state index contributed by atoms with van der Waals surface area (Å²) >= 11 is 0. The largest absolute Gasteiger partial charge is 0.481 e. The number of aliphatic hydroxyl groups is 2. The highest BCUT2D eigenvalue weighted by atomic mass is 16.6. The Bertz CT molecular complexity index is 976. The lowest BCUT2D eigenvalue weighted by Crippen LogP contribution is -2.56. The van der Waals surface area contributed by atoms with E-state index in [0.29, 0.717) is 13.0 Å². The third kappa shape index (κ3) is 13.4. The molecule has 0 bridgehead atoms. The molecule has 0 saturated heterocycles. The summed E-state index contributed by atoms with van der Waals surface area (Å²) in [6.45, 7) is 5.40. The fourth-order valence-electron chi connectivity index (χ4n) is 5.00. The normalized spacial score (nSPS) is 17.0. The van der Waals surface area contributed by atoms with Crippen LogP contribution in [0.1, 0.15) is 84.1 Å². The molecule has 230 valence electrons. The summed E-state index contributed by atoms with van der Waals surface area (Å²) in [5.74, 6) is -2.50. The molecule has 3 amide bonds. The number of carbonyl (C=O) groups is 4. The van der Waals surface area contributed by atoms with Crippen molar-refractivity contribution in [2.75, 3.05) is 6.54 Å². The van der Waals surface area contributed by atoms with Gasteiger partial charge in [0.1, 0.15) is 11.6 Å². The van der Waals surface area contributed by atoms with Crippen LogP contribution in [0.4, 0.5) is 4.79 Å². The van der Waals surface area contributed by atoms with Crippen LogP contribution in [0, 0.1) is 5.92 Å². The molecule has 0 aromatic heterocycles. The number of benzene rings is 1. The SMILES string of the molecule is CC(C)(C)OC(=O)N[C@H]([C@@H](O)CC(=O)N[C@@H](CCC(=O)O)C(=O)NCCCc1ccccc1)[C@@H](O)C1CCCCC1. The first-order chi connectivity index (χ1) is 19.4. The summed E-state index contributed by atoms with van der Waals surface area (Å²) in [5, 5.41) is 39.0. The monoisotopic (exact) mass is 577 g/mol. The van der Waals surface area contributed by atoms with E-state index in [-0.39, 0.29) is 18.8 Å². The lowest BCUT2D eigenvalue weighted by molar-refractivity contribution is -0.138. The summed E-state index contributed by atoms with van der Waals surface area (Å²) in [6, 6.07) is 7.46. The maximum absolute atomic E-state index is 12.9. The second-order valence-electron chi connectivity index (χ2n) is 11.8. The molecule has 6 N–H and O–H groups in total. The lowest BCUT2D eigenvalue weighted by Gasteiger charge is -2.35. The van der Waals surface area contributed by atoms with Gasteiger partial charge in [0.05, 0.1) is 24.7 Å². The number of alkyl carbamates (subject to hydrolysis) is 1. The van der Waals surface area contributed by atoms with Crippen molar-refractivity contribution in [2.24, 2.45) is 5.92 Å². The summed E-state index contributed by atoms with van der Waals surface area (Å²) in [4.78, 5) is 49.4. The van der Waals surface area contributed by atoms with Gasteiger partial charge in [-0.25, -0.2) is 4.79 Å². The van der Waals surface area contributed by atoms with Gasteiger partial charge in [0.25, 0.3) is 0 Å². The van der Waals surface area contributed by atoms with Crippen molar-refractivity contribution in [1.82, 2.24) is 16.0 Å². The molecule has 0 aliphatic heterocycles. The van der Waals surface area contributed by atoms with Gasteiger partial charge in [0, 0.05) is 13.0 Å². The number of carbonyl (C=O) groups excluding carboxylic acids is 3. The van der Waals surface area contributed by atoms with Crippen molar-refractivity contribution in [3.05, 3.63) is 35.9 Å². The molecule has 1 aromatic carbocycles. The van der Waals surface area contributed by atoms with Crippen LogP contribution in [0.5, 0.6) is 0 Å². The molecule has 2 rings (SSSR count). The Labute approximate surface area is 242 Å². The Morgan fingerprint density at radius 3 is 2.27 bits per heavy atom. The number of aliphatic hydroxyl groups excluding tert-OH is 2. The van der Waals surface area contributed by atoms with E-state index in [1.807, 2.05) is 30.3 Å². The number of hydrogen-bond acceptors (Lipinski definition) is 7. The number of aliphatic carboxylic acids is 1. The van der Waals surface area contributed by atoms with Crippen LogP contribution in [0.25, 0.3) is 0 Å². The Morgan fingerprint density at radius 2 is 1.66 bits per heavy atom. The van der Waals surface area contributed by atoms with Crippen LogP contribution in [0.2, 0.25) is 0 Å². The second-order valence-corrected chi connectivity index (χ2v) is 11.8. The predicted molar refractivity (Wildman–Crippen MR) is 153 cm³/mol. The zero-order valence-electron chi connectivity index (χ0n) is 24.4. The van der Waals surface area contributed by atoms with E-state index in [1.165, 1.54) is 0 Å². The van der Waals surface area contributed by atoms with Gasteiger partial charge in [-0.2, -0.15) is 0 Å². The molecule has 1 aliphatic rings. The molecule has 41 heavy (non-hydrogen) atoms. The molecule has 1 aliphatic carbocycles.